The number of carbonyl (C=O) groups is 1. The van der Waals surface area contributed by atoms with Crippen LogP contribution in [0.5, 0.6) is 0 Å². The highest BCUT2D eigenvalue weighted by molar-refractivity contribution is 5.93. The molecule has 2 aromatic heterocycles. The highest BCUT2D eigenvalue weighted by atomic mass is 16.1. The van der Waals surface area contributed by atoms with Gasteiger partial charge in [-0.15, -0.1) is 0 Å². The van der Waals surface area contributed by atoms with Crippen molar-refractivity contribution in [1.29, 1.82) is 0 Å². The van der Waals surface area contributed by atoms with E-state index < -0.39 is 0 Å². The van der Waals surface area contributed by atoms with Crippen molar-refractivity contribution < 1.29 is 4.79 Å². The van der Waals surface area contributed by atoms with E-state index in [9.17, 15) is 4.79 Å². The van der Waals surface area contributed by atoms with Crippen LogP contribution in [0, 0.1) is 13.8 Å². The van der Waals surface area contributed by atoms with E-state index in [0.29, 0.717) is 12.4 Å². The number of hydrogen-bond donors (Lipinski definition) is 1. The van der Waals surface area contributed by atoms with Gasteiger partial charge in [-0.2, -0.15) is 5.10 Å². The van der Waals surface area contributed by atoms with E-state index in [4.69, 9.17) is 0 Å². The summed E-state index contributed by atoms with van der Waals surface area (Å²) >= 11 is 0. The summed E-state index contributed by atoms with van der Waals surface area (Å²) in [6.07, 6.45) is 0.304. The van der Waals surface area contributed by atoms with Crippen LogP contribution >= 0.6 is 0 Å². The average Bonchev–Trinajstić information content (AvgIpc) is 2.98. The fraction of sp³-hybridized carbons (Fsp3) is 0.353. The lowest BCUT2D eigenvalue weighted by Gasteiger charge is -2.08. The largest absolute Gasteiger partial charge is 0.310 e. The number of amides is 1. The number of aryl methyl sites for hydroxylation is 3. The molecule has 0 atom stereocenters. The molecule has 0 bridgehead atoms. The Morgan fingerprint density at radius 2 is 2.00 bits per heavy atom. The van der Waals surface area contributed by atoms with Crippen LogP contribution in [0.3, 0.4) is 0 Å². The van der Waals surface area contributed by atoms with Gasteiger partial charge in [0.05, 0.1) is 23.1 Å². The average molecular weight is 311 g/mol. The number of carbonyl (C=O) groups excluding carboxylic acids is 1. The molecule has 3 aromatic rings. The molecule has 0 aliphatic rings. The molecule has 0 aliphatic heterocycles. The Bertz CT molecular complexity index is 875. The maximum Gasteiger partial charge on any atom is 0.231 e. The fourth-order valence-corrected chi connectivity index (χ4v) is 2.89. The van der Waals surface area contributed by atoms with Crippen LogP contribution in [0.4, 0.5) is 5.95 Å². The van der Waals surface area contributed by atoms with Crippen LogP contribution < -0.4 is 5.32 Å². The summed E-state index contributed by atoms with van der Waals surface area (Å²) < 4.78 is 3.81. The van der Waals surface area contributed by atoms with Crippen molar-refractivity contribution in [3.05, 3.63) is 41.2 Å². The Kier molecular flexibility index (Phi) is 3.90. The zero-order chi connectivity index (χ0) is 16.6. The van der Waals surface area contributed by atoms with E-state index in [1.54, 1.807) is 4.68 Å². The number of nitrogens with zero attached hydrogens (tertiary/aromatic N) is 4. The van der Waals surface area contributed by atoms with Crippen LogP contribution in [0.15, 0.2) is 24.3 Å². The SMILES string of the molecule is CCn1c(NC(=O)Cc2c(C)nn(C)c2C)nc2ccccc21. The number of hydrogen-bond acceptors (Lipinski definition) is 3. The number of fused-ring (bicyclic) bond motifs is 1. The quantitative estimate of drug-likeness (QED) is 0.805. The van der Waals surface area contributed by atoms with Gasteiger partial charge in [0.25, 0.3) is 0 Å². The summed E-state index contributed by atoms with van der Waals surface area (Å²) in [5.41, 5.74) is 4.80. The number of nitrogens with one attached hydrogen (secondary N) is 1. The fourth-order valence-electron chi connectivity index (χ4n) is 2.89. The first-order valence-electron chi connectivity index (χ1n) is 7.75. The summed E-state index contributed by atoms with van der Waals surface area (Å²) in [5.74, 6) is 0.520. The number of para-hydroxylation sites is 2. The predicted molar refractivity (Wildman–Crippen MR) is 90.4 cm³/mol. The first kappa shape index (κ1) is 15.3. The molecule has 1 amide bonds. The summed E-state index contributed by atoms with van der Waals surface area (Å²) in [7, 11) is 1.89. The summed E-state index contributed by atoms with van der Waals surface area (Å²) in [6, 6.07) is 7.89. The van der Waals surface area contributed by atoms with Gasteiger partial charge in [0.2, 0.25) is 11.9 Å². The van der Waals surface area contributed by atoms with Crippen molar-refractivity contribution in [2.75, 3.05) is 5.32 Å². The summed E-state index contributed by atoms with van der Waals surface area (Å²) in [5, 5.41) is 7.29. The number of aromatic nitrogens is 4. The standard InChI is InChI=1S/C17H21N5O/c1-5-22-15-9-7-6-8-14(15)18-17(22)19-16(23)10-13-11(2)20-21(4)12(13)3/h6-9H,5,10H2,1-4H3,(H,18,19,23). The lowest BCUT2D eigenvalue weighted by molar-refractivity contribution is -0.115. The van der Waals surface area contributed by atoms with Gasteiger partial charge in [-0.25, -0.2) is 4.98 Å². The molecule has 0 saturated carbocycles. The van der Waals surface area contributed by atoms with Gasteiger partial charge in [0.1, 0.15) is 0 Å². The van der Waals surface area contributed by atoms with E-state index in [0.717, 1.165) is 34.5 Å². The molecule has 0 aliphatic carbocycles. The lowest BCUT2D eigenvalue weighted by atomic mass is 10.1. The Morgan fingerprint density at radius 3 is 2.65 bits per heavy atom. The van der Waals surface area contributed by atoms with E-state index in [1.807, 2.05) is 56.7 Å². The topological polar surface area (TPSA) is 64.7 Å². The van der Waals surface area contributed by atoms with E-state index >= 15 is 0 Å². The van der Waals surface area contributed by atoms with E-state index in [-0.39, 0.29) is 5.91 Å². The van der Waals surface area contributed by atoms with Gasteiger partial charge in [0.15, 0.2) is 0 Å². The second-order valence-electron chi connectivity index (χ2n) is 5.67. The minimum atomic E-state index is -0.0748. The molecule has 0 saturated heterocycles. The first-order chi connectivity index (χ1) is 11.0. The number of benzene rings is 1. The minimum Gasteiger partial charge on any atom is -0.310 e. The third kappa shape index (κ3) is 2.72. The Balaban J connectivity index is 1.86. The van der Waals surface area contributed by atoms with Crippen molar-refractivity contribution in [2.24, 2.45) is 7.05 Å². The van der Waals surface area contributed by atoms with Crippen molar-refractivity contribution in [2.45, 2.75) is 33.7 Å². The van der Waals surface area contributed by atoms with Crippen LogP contribution in [-0.4, -0.2) is 25.2 Å². The van der Waals surface area contributed by atoms with E-state index in [1.165, 1.54) is 0 Å². The number of anilines is 1. The molecule has 0 unspecified atom stereocenters. The summed E-state index contributed by atoms with van der Waals surface area (Å²) in [4.78, 5) is 17.0. The van der Waals surface area contributed by atoms with Crippen LogP contribution in [0.25, 0.3) is 11.0 Å². The van der Waals surface area contributed by atoms with Crippen molar-refractivity contribution in [3.8, 4) is 0 Å². The molecule has 120 valence electrons. The maximum absolute atomic E-state index is 12.4. The van der Waals surface area contributed by atoms with Crippen LogP contribution in [0.2, 0.25) is 0 Å². The van der Waals surface area contributed by atoms with Gasteiger partial charge < -0.3 is 4.57 Å². The molecule has 23 heavy (non-hydrogen) atoms. The van der Waals surface area contributed by atoms with Gasteiger partial charge in [0, 0.05) is 24.8 Å². The second-order valence-corrected chi connectivity index (χ2v) is 5.67. The van der Waals surface area contributed by atoms with Gasteiger partial charge >= 0.3 is 0 Å². The predicted octanol–water partition coefficient (Wildman–Crippen LogP) is 2.59. The van der Waals surface area contributed by atoms with Crippen LogP contribution in [-0.2, 0) is 24.8 Å². The maximum atomic E-state index is 12.4. The third-order valence-corrected chi connectivity index (χ3v) is 4.22. The number of imidazole rings is 1. The molecule has 0 radical (unpaired) electrons. The molecule has 0 fully saturated rings. The Morgan fingerprint density at radius 1 is 1.26 bits per heavy atom. The Labute approximate surface area is 135 Å². The van der Waals surface area contributed by atoms with Crippen molar-refractivity contribution >= 4 is 22.9 Å². The molecule has 1 N–H and O–H groups in total. The molecule has 6 heteroatoms. The van der Waals surface area contributed by atoms with Crippen molar-refractivity contribution in [1.82, 2.24) is 19.3 Å². The van der Waals surface area contributed by atoms with Gasteiger partial charge in [-0.1, -0.05) is 12.1 Å². The second kappa shape index (κ2) is 5.87. The smallest absolute Gasteiger partial charge is 0.231 e. The summed E-state index contributed by atoms with van der Waals surface area (Å²) in [6.45, 7) is 6.70. The molecule has 0 spiro atoms. The highest BCUT2D eigenvalue weighted by Crippen LogP contribution is 2.20. The van der Waals surface area contributed by atoms with Gasteiger partial charge in [-0.3, -0.25) is 14.8 Å². The third-order valence-electron chi connectivity index (χ3n) is 4.22. The monoisotopic (exact) mass is 311 g/mol. The molecular weight excluding hydrogens is 290 g/mol. The van der Waals surface area contributed by atoms with Gasteiger partial charge in [-0.05, 0) is 32.9 Å². The zero-order valence-electron chi connectivity index (χ0n) is 13.9. The molecule has 6 nitrogen and oxygen atoms in total. The van der Waals surface area contributed by atoms with E-state index in [2.05, 4.69) is 15.4 Å². The number of rotatable bonds is 4. The van der Waals surface area contributed by atoms with Crippen LogP contribution in [0.1, 0.15) is 23.9 Å². The molecular formula is C17H21N5O. The lowest BCUT2D eigenvalue weighted by Crippen LogP contribution is -2.18. The molecule has 1 aromatic carbocycles. The normalized spacial score (nSPS) is 11.1. The highest BCUT2D eigenvalue weighted by Gasteiger charge is 2.16. The van der Waals surface area contributed by atoms with Crippen molar-refractivity contribution in [3.63, 3.8) is 0 Å². The Hall–Kier alpha value is -2.63. The minimum absolute atomic E-state index is 0.0748. The molecule has 2 heterocycles. The zero-order valence-corrected chi connectivity index (χ0v) is 13.9. The first-order valence-corrected chi connectivity index (χ1v) is 7.75. The molecule has 3 rings (SSSR count).